The van der Waals surface area contributed by atoms with Gasteiger partial charge in [-0.25, -0.2) is 19.9 Å². The number of aryl methyl sites for hydroxylation is 1. The van der Waals surface area contributed by atoms with Crippen LogP contribution < -0.4 is 11.1 Å². The molecular weight excluding hydrogens is 254 g/mol. The van der Waals surface area contributed by atoms with Crippen LogP contribution in [0.15, 0.2) is 43.4 Å². The van der Waals surface area contributed by atoms with Crippen molar-refractivity contribution < 1.29 is 0 Å². The van der Waals surface area contributed by atoms with Crippen molar-refractivity contribution in [3.05, 3.63) is 48.9 Å². The van der Waals surface area contributed by atoms with E-state index in [9.17, 15) is 0 Å². The maximum atomic E-state index is 6.10. The van der Waals surface area contributed by atoms with Crippen molar-refractivity contribution in [1.82, 2.24) is 24.5 Å². The minimum absolute atomic E-state index is 0.439. The molecule has 20 heavy (non-hydrogen) atoms. The Bertz CT molecular complexity index is 721. The summed E-state index contributed by atoms with van der Waals surface area (Å²) in [5, 5.41) is 3.09. The Hall–Kier alpha value is -2.96. The molecule has 7 nitrogen and oxygen atoms in total. The highest BCUT2D eigenvalue weighted by Gasteiger charge is 2.10. The van der Waals surface area contributed by atoms with Crippen LogP contribution >= 0.6 is 0 Å². The van der Waals surface area contributed by atoms with Crippen LogP contribution in [0.2, 0.25) is 0 Å². The Morgan fingerprint density at radius 1 is 1.20 bits per heavy atom. The second-order valence-electron chi connectivity index (χ2n) is 4.27. The summed E-state index contributed by atoms with van der Waals surface area (Å²) in [6.07, 6.45) is 8.24. The number of pyridine rings is 1. The van der Waals surface area contributed by atoms with Gasteiger partial charge >= 0.3 is 0 Å². The SMILES string of the molecule is Cc1ccnc(Nc2ncnc(-n3ccnc3)c2N)c1. The van der Waals surface area contributed by atoms with E-state index in [2.05, 4.69) is 25.3 Å². The van der Waals surface area contributed by atoms with Gasteiger partial charge in [-0.05, 0) is 24.6 Å². The van der Waals surface area contributed by atoms with E-state index in [1.165, 1.54) is 6.33 Å². The number of imidazole rings is 1. The lowest BCUT2D eigenvalue weighted by Crippen LogP contribution is -2.07. The molecule has 0 saturated heterocycles. The van der Waals surface area contributed by atoms with Crippen LogP contribution in [-0.2, 0) is 0 Å². The lowest BCUT2D eigenvalue weighted by Gasteiger charge is -2.11. The van der Waals surface area contributed by atoms with Gasteiger partial charge in [-0.3, -0.25) is 4.57 Å². The summed E-state index contributed by atoms with van der Waals surface area (Å²) >= 11 is 0. The molecule has 0 aliphatic heterocycles. The molecule has 0 bridgehead atoms. The van der Waals surface area contributed by atoms with Crippen LogP contribution in [0.4, 0.5) is 17.3 Å². The highest BCUT2D eigenvalue weighted by molar-refractivity contribution is 5.72. The van der Waals surface area contributed by atoms with Crippen molar-refractivity contribution in [2.75, 3.05) is 11.1 Å². The third-order valence-electron chi connectivity index (χ3n) is 2.77. The minimum Gasteiger partial charge on any atom is -0.393 e. The van der Waals surface area contributed by atoms with Gasteiger partial charge in [0, 0.05) is 18.6 Å². The molecule has 3 N–H and O–H groups in total. The van der Waals surface area contributed by atoms with Crippen LogP contribution in [0.5, 0.6) is 0 Å². The molecule has 0 aliphatic rings. The number of nitrogens with zero attached hydrogens (tertiary/aromatic N) is 5. The number of nitrogen functional groups attached to an aromatic ring is 1. The summed E-state index contributed by atoms with van der Waals surface area (Å²) in [5.41, 5.74) is 7.64. The normalized spacial score (nSPS) is 10.4. The molecule has 0 radical (unpaired) electrons. The number of anilines is 3. The molecule has 0 fully saturated rings. The van der Waals surface area contributed by atoms with E-state index in [4.69, 9.17) is 5.73 Å². The molecule has 0 unspecified atom stereocenters. The molecule has 3 rings (SSSR count). The van der Waals surface area contributed by atoms with Gasteiger partial charge in [0.05, 0.1) is 0 Å². The Kier molecular flexibility index (Phi) is 3.00. The fourth-order valence-electron chi connectivity index (χ4n) is 1.80. The molecule has 0 saturated carbocycles. The summed E-state index contributed by atoms with van der Waals surface area (Å²) in [5.74, 6) is 1.78. The zero-order valence-electron chi connectivity index (χ0n) is 10.9. The second kappa shape index (κ2) is 4.96. The quantitative estimate of drug-likeness (QED) is 0.750. The number of nitrogens with one attached hydrogen (secondary N) is 1. The molecule has 7 heteroatoms. The van der Waals surface area contributed by atoms with E-state index in [1.807, 2.05) is 19.1 Å². The monoisotopic (exact) mass is 267 g/mol. The van der Waals surface area contributed by atoms with E-state index in [0.29, 0.717) is 23.1 Å². The molecule has 0 amide bonds. The minimum atomic E-state index is 0.439. The largest absolute Gasteiger partial charge is 0.393 e. The smallest absolute Gasteiger partial charge is 0.166 e. The topological polar surface area (TPSA) is 94.5 Å². The van der Waals surface area contributed by atoms with Crippen molar-refractivity contribution >= 4 is 17.3 Å². The highest BCUT2D eigenvalue weighted by atomic mass is 15.2. The van der Waals surface area contributed by atoms with Crippen molar-refractivity contribution in [3.8, 4) is 5.82 Å². The number of aromatic nitrogens is 5. The molecule has 100 valence electrons. The van der Waals surface area contributed by atoms with Crippen LogP contribution in [0.3, 0.4) is 0 Å². The predicted octanol–water partition coefficient (Wildman–Crippen LogP) is 1.69. The van der Waals surface area contributed by atoms with Gasteiger partial charge in [-0.15, -0.1) is 0 Å². The summed E-state index contributed by atoms with van der Waals surface area (Å²) in [6, 6.07) is 3.84. The zero-order chi connectivity index (χ0) is 13.9. The standard InChI is InChI=1S/C13H13N7/c1-9-2-3-16-10(6-9)19-12-11(14)13(18-7-17-12)20-5-4-15-8-20/h2-8H,14H2,1H3,(H,16,17,18,19). The number of hydrogen-bond acceptors (Lipinski definition) is 6. The van der Waals surface area contributed by atoms with Crippen LogP contribution in [-0.4, -0.2) is 24.5 Å². The fourth-order valence-corrected chi connectivity index (χ4v) is 1.80. The van der Waals surface area contributed by atoms with Crippen molar-refractivity contribution in [3.63, 3.8) is 0 Å². The first-order valence-electron chi connectivity index (χ1n) is 6.02. The zero-order valence-corrected chi connectivity index (χ0v) is 10.9. The van der Waals surface area contributed by atoms with Gasteiger partial charge in [0.1, 0.15) is 24.2 Å². The summed E-state index contributed by atoms with van der Waals surface area (Å²) in [6.45, 7) is 1.99. The van der Waals surface area contributed by atoms with E-state index in [1.54, 1.807) is 29.5 Å². The molecule has 0 atom stereocenters. The number of hydrogen-bond donors (Lipinski definition) is 2. The molecule has 0 aromatic carbocycles. The summed E-state index contributed by atoms with van der Waals surface area (Å²) < 4.78 is 1.73. The molecular formula is C13H13N7. The first-order valence-corrected chi connectivity index (χ1v) is 6.02. The van der Waals surface area contributed by atoms with Crippen LogP contribution in [0, 0.1) is 6.92 Å². The highest BCUT2D eigenvalue weighted by Crippen LogP contribution is 2.23. The van der Waals surface area contributed by atoms with Gasteiger partial charge in [-0.2, -0.15) is 0 Å². The Labute approximate surface area is 115 Å². The molecule has 3 aromatic heterocycles. The summed E-state index contributed by atoms with van der Waals surface area (Å²) in [4.78, 5) is 16.5. The van der Waals surface area contributed by atoms with Crippen LogP contribution in [0.1, 0.15) is 5.56 Å². The Balaban J connectivity index is 1.97. The average molecular weight is 267 g/mol. The van der Waals surface area contributed by atoms with Gasteiger partial charge in [-0.1, -0.05) is 0 Å². The Morgan fingerprint density at radius 3 is 2.85 bits per heavy atom. The first-order chi connectivity index (χ1) is 9.74. The van der Waals surface area contributed by atoms with Crippen LogP contribution in [0.25, 0.3) is 5.82 Å². The number of nitrogens with two attached hydrogens (primary N) is 1. The first kappa shape index (κ1) is 12.1. The fraction of sp³-hybridized carbons (Fsp3) is 0.0769. The molecule has 0 aliphatic carbocycles. The third kappa shape index (κ3) is 2.28. The third-order valence-corrected chi connectivity index (χ3v) is 2.77. The van der Waals surface area contributed by atoms with E-state index < -0.39 is 0 Å². The van der Waals surface area contributed by atoms with Crippen molar-refractivity contribution in [2.45, 2.75) is 6.92 Å². The maximum absolute atomic E-state index is 6.10. The second-order valence-corrected chi connectivity index (χ2v) is 4.27. The number of rotatable bonds is 3. The summed E-state index contributed by atoms with van der Waals surface area (Å²) in [7, 11) is 0. The van der Waals surface area contributed by atoms with Crippen molar-refractivity contribution in [2.24, 2.45) is 0 Å². The van der Waals surface area contributed by atoms with E-state index in [-0.39, 0.29) is 0 Å². The molecule has 3 heterocycles. The van der Waals surface area contributed by atoms with Gasteiger partial charge in [0.2, 0.25) is 0 Å². The van der Waals surface area contributed by atoms with E-state index >= 15 is 0 Å². The average Bonchev–Trinajstić information content (AvgIpc) is 2.95. The Morgan fingerprint density at radius 2 is 2.10 bits per heavy atom. The maximum Gasteiger partial charge on any atom is 0.166 e. The predicted molar refractivity (Wildman–Crippen MR) is 75.8 cm³/mol. The van der Waals surface area contributed by atoms with Gasteiger partial charge in [0.15, 0.2) is 11.6 Å². The molecule has 3 aromatic rings. The van der Waals surface area contributed by atoms with E-state index in [0.717, 1.165) is 5.56 Å². The lowest BCUT2D eigenvalue weighted by atomic mass is 10.3. The van der Waals surface area contributed by atoms with Crippen molar-refractivity contribution in [1.29, 1.82) is 0 Å². The van der Waals surface area contributed by atoms with Gasteiger partial charge in [0.25, 0.3) is 0 Å². The molecule has 0 spiro atoms. The lowest BCUT2D eigenvalue weighted by molar-refractivity contribution is 0.977. The van der Waals surface area contributed by atoms with Gasteiger partial charge < -0.3 is 11.1 Å².